The number of carbonyl (C=O) groups excluding carboxylic acids is 1. The second-order valence-electron chi connectivity index (χ2n) is 3.99. The molecule has 0 aromatic heterocycles. The topological polar surface area (TPSA) is 64.4 Å². The molecule has 1 rings (SSSR count). The predicted molar refractivity (Wildman–Crippen MR) is 77.3 cm³/mol. The van der Waals surface area contributed by atoms with Crippen LogP contribution < -0.4 is 15.8 Å². The van der Waals surface area contributed by atoms with Crippen molar-refractivity contribution in [3.8, 4) is 5.75 Å². The van der Waals surface area contributed by atoms with E-state index >= 15 is 0 Å². The molecule has 0 bridgehead atoms. The average Bonchev–Trinajstić information content (AvgIpc) is 2.37. The largest absolute Gasteiger partial charge is 0.496 e. The van der Waals surface area contributed by atoms with Gasteiger partial charge in [-0.1, -0.05) is 6.92 Å². The number of methoxy groups -OCH3 is 1. The molecule has 1 aromatic carbocycles. The summed E-state index contributed by atoms with van der Waals surface area (Å²) in [7, 11) is 1.53. The van der Waals surface area contributed by atoms with Gasteiger partial charge in [0, 0.05) is 23.5 Å². The minimum Gasteiger partial charge on any atom is -0.496 e. The molecular formula is C13H20N2O2S. The van der Waals surface area contributed by atoms with Crippen molar-refractivity contribution in [3.63, 3.8) is 0 Å². The fraction of sp³-hybridized carbons (Fsp3) is 0.462. The third kappa shape index (κ3) is 3.84. The minimum atomic E-state index is -0.118. The number of hydrogen-bond acceptors (Lipinski definition) is 4. The van der Waals surface area contributed by atoms with Crippen molar-refractivity contribution in [1.29, 1.82) is 0 Å². The smallest absolute Gasteiger partial charge is 0.255 e. The standard InChI is InChI=1S/C13H20N2O2S/c1-4-10(8-18-3)15-13(16)11-6-5-9(14)7-12(11)17-2/h5-7,10H,4,8,14H2,1-3H3,(H,15,16). The zero-order valence-corrected chi connectivity index (χ0v) is 11.8. The maximum absolute atomic E-state index is 12.1. The summed E-state index contributed by atoms with van der Waals surface area (Å²) in [5.74, 6) is 1.29. The summed E-state index contributed by atoms with van der Waals surface area (Å²) >= 11 is 1.72. The molecule has 0 fully saturated rings. The summed E-state index contributed by atoms with van der Waals surface area (Å²) in [5.41, 5.74) is 6.77. The van der Waals surface area contributed by atoms with Crippen LogP contribution in [0, 0.1) is 0 Å². The Hall–Kier alpha value is -1.36. The Bertz CT molecular complexity index is 410. The van der Waals surface area contributed by atoms with Crippen LogP contribution in [0.15, 0.2) is 18.2 Å². The summed E-state index contributed by atoms with van der Waals surface area (Å²) in [6, 6.07) is 5.22. The zero-order chi connectivity index (χ0) is 13.5. The van der Waals surface area contributed by atoms with Crippen LogP contribution in [0.5, 0.6) is 5.75 Å². The molecule has 1 aromatic rings. The van der Waals surface area contributed by atoms with Crippen LogP contribution in [0.25, 0.3) is 0 Å². The Morgan fingerprint density at radius 2 is 2.28 bits per heavy atom. The molecule has 3 N–H and O–H groups in total. The van der Waals surface area contributed by atoms with Crippen LogP contribution in [-0.2, 0) is 0 Å². The van der Waals surface area contributed by atoms with Gasteiger partial charge in [0.25, 0.3) is 5.91 Å². The van der Waals surface area contributed by atoms with Crippen molar-refractivity contribution in [1.82, 2.24) is 5.32 Å². The first-order valence-electron chi connectivity index (χ1n) is 5.85. The van der Waals surface area contributed by atoms with Gasteiger partial charge in [0.2, 0.25) is 0 Å². The van der Waals surface area contributed by atoms with E-state index in [1.165, 1.54) is 7.11 Å². The average molecular weight is 268 g/mol. The number of ether oxygens (including phenoxy) is 1. The monoisotopic (exact) mass is 268 g/mol. The molecule has 0 saturated carbocycles. The van der Waals surface area contributed by atoms with Crippen molar-refractivity contribution >= 4 is 23.4 Å². The van der Waals surface area contributed by atoms with Gasteiger partial charge >= 0.3 is 0 Å². The third-order valence-corrected chi connectivity index (χ3v) is 3.40. The number of benzene rings is 1. The van der Waals surface area contributed by atoms with Crippen molar-refractivity contribution < 1.29 is 9.53 Å². The molecular weight excluding hydrogens is 248 g/mol. The fourth-order valence-corrected chi connectivity index (χ4v) is 2.34. The molecule has 0 heterocycles. The SMILES string of the molecule is CCC(CSC)NC(=O)c1ccc(N)cc1OC. The molecule has 1 amide bonds. The minimum absolute atomic E-state index is 0.118. The second-order valence-corrected chi connectivity index (χ2v) is 4.90. The number of nitrogens with two attached hydrogens (primary N) is 1. The first-order chi connectivity index (χ1) is 8.62. The van der Waals surface area contributed by atoms with E-state index in [0.29, 0.717) is 17.0 Å². The number of anilines is 1. The molecule has 1 atom stereocenters. The summed E-state index contributed by atoms with van der Waals surface area (Å²) < 4.78 is 5.18. The Morgan fingerprint density at radius 3 is 2.83 bits per heavy atom. The number of rotatable bonds is 6. The highest BCUT2D eigenvalue weighted by Gasteiger charge is 2.15. The highest BCUT2D eigenvalue weighted by Crippen LogP contribution is 2.21. The Kier molecular flexibility index (Phi) is 5.85. The van der Waals surface area contributed by atoms with Gasteiger partial charge in [-0.05, 0) is 24.8 Å². The van der Waals surface area contributed by atoms with Crippen molar-refractivity contribution in [2.24, 2.45) is 0 Å². The van der Waals surface area contributed by atoms with Gasteiger partial charge in [-0.2, -0.15) is 11.8 Å². The van der Waals surface area contributed by atoms with Crippen molar-refractivity contribution in [2.75, 3.05) is 24.9 Å². The molecule has 1 unspecified atom stereocenters. The molecule has 0 aliphatic carbocycles. The second kappa shape index (κ2) is 7.16. The van der Waals surface area contributed by atoms with E-state index in [2.05, 4.69) is 12.2 Å². The van der Waals surface area contributed by atoms with E-state index in [1.807, 2.05) is 6.26 Å². The highest BCUT2D eigenvalue weighted by atomic mass is 32.2. The number of hydrogen-bond donors (Lipinski definition) is 2. The first kappa shape index (κ1) is 14.7. The molecule has 0 spiro atoms. The van der Waals surface area contributed by atoms with Gasteiger partial charge in [-0.15, -0.1) is 0 Å². The fourth-order valence-electron chi connectivity index (χ4n) is 1.62. The molecule has 0 radical (unpaired) electrons. The van der Waals surface area contributed by atoms with Crippen molar-refractivity contribution in [2.45, 2.75) is 19.4 Å². The molecule has 0 aliphatic heterocycles. The van der Waals surface area contributed by atoms with E-state index in [0.717, 1.165) is 12.2 Å². The molecule has 4 nitrogen and oxygen atoms in total. The Labute approximate surface area is 112 Å². The zero-order valence-electron chi connectivity index (χ0n) is 11.0. The Morgan fingerprint density at radius 1 is 1.56 bits per heavy atom. The quantitative estimate of drug-likeness (QED) is 0.776. The van der Waals surface area contributed by atoms with Crippen LogP contribution in [0.3, 0.4) is 0 Å². The summed E-state index contributed by atoms with van der Waals surface area (Å²) in [4.78, 5) is 12.1. The summed E-state index contributed by atoms with van der Waals surface area (Å²) in [6.07, 6.45) is 2.93. The van der Waals surface area contributed by atoms with Crippen LogP contribution in [0.4, 0.5) is 5.69 Å². The maximum Gasteiger partial charge on any atom is 0.255 e. The van der Waals surface area contributed by atoms with E-state index in [1.54, 1.807) is 30.0 Å². The summed E-state index contributed by atoms with van der Waals surface area (Å²) in [6.45, 7) is 2.06. The maximum atomic E-state index is 12.1. The van der Waals surface area contributed by atoms with E-state index < -0.39 is 0 Å². The lowest BCUT2D eigenvalue weighted by atomic mass is 10.1. The molecule has 0 saturated heterocycles. The van der Waals surface area contributed by atoms with Gasteiger partial charge in [0.1, 0.15) is 5.75 Å². The molecule has 100 valence electrons. The molecule has 18 heavy (non-hydrogen) atoms. The highest BCUT2D eigenvalue weighted by molar-refractivity contribution is 7.98. The van der Waals surface area contributed by atoms with Crippen LogP contribution >= 0.6 is 11.8 Å². The van der Waals surface area contributed by atoms with Gasteiger partial charge in [0.15, 0.2) is 0 Å². The van der Waals surface area contributed by atoms with Crippen LogP contribution in [0.2, 0.25) is 0 Å². The number of carbonyl (C=O) groups is 1. The van der Waals surface area contributed by atoms with Gasteiger partial charge in [0.05, 0.1) is 12.7 Å². The van der Waals surface area contributed by atoms with Gasteiger partial charge < -0.3 is 15.8 Å². The first-order valence-corrected chi connectivity index (χ1v) is 7.25. The predicted octanol–water partition coefficient (Wildman–Crippen LogP) is 2.15. The number of nitrogen functional groups attached to an aromatic ring is 1. The van der Waals surface area contributed by atoms with Gasteiger partial charge in [-0.25, -0.2) is 0 Å². The lowest BCUT2D eigenvalue weighted by Gasteiger charge is -2.17. The third-order valence-electron chi connectivity index (χ3n) is 2.67. The Balaban J connectivity index is 2.83. The molecule has 0 aliphatic rings. The van der Waals surface area contributed by atoms with Crippen LogP contribution in [0.1, 0.15) is 23.7 Å². The number of amides is 1. The van der Waals surface area contributed by atoms with Crippen molar-refractivity contribution in [3.05, 3.63) is 23.8 Å². The van der Waals surface area contributed by atoms with E-state index in [9.17, 15) is 4.79 Å². The number of nitrogens with one attached hydrogen (secondary N) is 1. The lowest BCUT2D eigenvalue weighted by molar-refractivity contribution is 0.0937. The lowest BCUT2D eigenvalue weighted by Crippen LogP contribution is -2.36. The van der Waals surface area contributed by atoms with E-state index in [-0.39, 0.29) is 11.9 Å². The summed E-state index contributed by atoms with van der Waals surface area (Å²) in [5, 5.41) is 3.00. The normalized spacial score (nSPS) is 11.9. The van der Waals surface area contributed by atoms with E-state index in [4.69, 9.17) is 10.5 Å². The van der Waals surface area contributed by atoms with Gasteiger partial charge in [-0.3, -0.25) is 4.79 Å². The number of thioether (sulfide) groups is 1. The van der Waals surface area contributed by atoms with Crippen LogP contribution in [-0.4, -0.2) is 31.1 Å². The molecule has 5 heteroatoms.